The van der Waals surface area contributed by atoms with Crippen LogP contribution in [0, 0.1) is 0 Å². The molecule has 0 unspecified atom stereocenters. The minimum atomic E-state index is 0.00385. The topological polar surface area (TPSA) is 50.9 Å². The first-order valence-corrected chi connectivity index (χ1v) is 6.75. The molecule has 19 heavy (non-hydrogen) atoms. The second-order valence-corrected chi connectivity index (χ2v) is 6.35. The summed E-state index contributed by atoms with van der Waals surface area (Å²) in [6.45, 7) is 10.9. The Morgan fingerprint density at radius 3 is 2.42 bits per heavy atom. The number of hydrogen-bond acceptors (Lipinski definition) is 3. The number of nitrogen functional groups attached to an aromatic ring is 1. The van der Waals surface area contributed by atoms with Crippen LogP contribution < -0.4 is 11.3 Å². The lowest BCUT2D eigenvalue weighted by atomic mass is 9.90. The molecule has 0 bridgehead atoms. The second-order valence-electron chi connectivity index (χ2n) is 6.35. The van der Waals surface area contributed by atoms with Gasteiger partial charge in [0.2, 0.25) is 0 Å². The fraction of sp³-hybridized carbons (Fsp3) is 0.438. The van der Waals surface area contributed by atoms with E-state index in [1.807, 2.05) is 6.07 Å². The predicted molar refractivity (Wildman–Crippen MR) is 82.3 cm³/mol. The number of para-hydroxylation sites is 1. The van der Waals surface area contributed by atoms with E-state index in [2.05, 4.69) is 58.2 Å². The van der Waals surface area contributed by atoms with Crippen LogP contribution in [0.3, 0.4) is 0 Å². The Hall–Kier alpha value is -1.61. The van der Waals surface area contributed by atoms with E-state index in [4.69, 9.17) is 10.8 Å². The van der Waals surface area contributed by atoms with Crippen molar-refractivity contribution in [1.29, 1.82) is 0 Å². The highest BCUT2D eigenvalue weighted by molar-refractivity contribution is 5.93. The van der Waals surface area contributed by atoms with Crippen LogP contribution in [0.2, 0.25) is 0 Å². The number of benzene rings is 1. The smallest absolute Gasteiger partial charge is 0.0761 e. The van der Waals surface area contributed by atoms with Crippen molar-refractivity contribution in [2.75, 3.05) is 5.43 Å². The van der Waals surface area contributed by atoms with Gasteiger partial charge in [-0.2, -0.15) is 0 Å². The lowest BCUT2D eigenvalue weighted by Crippen LogP contribution is -2.16. The second kappa shape index (κ2) is 4.82. The first-order chi connectivity index (χ1) is 8.84. The van der Waals surface area contributed by atoms with Crippen LogP contribution in [0.4, 0.5) is 5.69 Å². The molecule has 102 valence electrons. The molecule has 1 heterocycles. The standard InChI is InChI=1S/C16H23N3/c1-10(2)11-7-6-8-12-13(19-17)9-14(16(3,4)5)18-15(11)12/h6-10H,17H2,1-5H3,(H,18,19). The van der Waals surface area contributed by atoms with E-state index in [-0.39, 0.29) is 5.41 Å². The lowest BCUT2D eigenvalue weighted by molar-refractivity contribution is 0.571. The highest BCUT2D eigenvalue weighted by Gasteiger charge is 2.19. The van der Waals surface area contributed by atoms with Crippen LogP contribution in [0.1, 0.15) is 51.8 Å². The Balaban J connectivity index is 2.82. The van der Waals surface area contributed by atoms with Crippen LogP contribution >= 0.6 is 0 Å². The molecule has 0 aliphatic carbocycles. The van der Waals surface area contributed by atoms with Crippen LogP contribution in [0.15, 0.2) is 24.3 Å². The predicted octanol–water partition coefficient (Wildman–Crippen LogP) is 3.94. The third-order valence-electron chi connectivity index (χ3n) is 3.42. The summed E-state index contributed by atoms with van der Waals surface area (Å²) in [6, 6.07) is 8.33. The zero-order chi connectivity index (χ0) is 14.2. The van der Waals surface area contributed by atoms with Crippen LogP contribution in [0.5, 0.6) is 0 Å². The van der Waals surface area contributed by atoms with Gasteiger partial charge in [-0.25, -0.2) is 0 Å². The zero-order valence-corrected chi connectivity index (χ0v) is 12.4. The molecule has 3 N–H and O–H groups in total. The summed E-state index contributed by atoms with van der Waals surface area (Å²) < 4.78 is 0. The van der Waals surface area contributed by atoms with E-state index < -0.39 is 0 Å². The molecule has 0 amide bonds. The summed E-state index contributed by atoms with van der Waals surface area (Å²) in [5, 5.41) is 1.08. The monoisotopic (exact) mass is 257 g/mol. The lowest BCUT2D eigenvalue weighted by Gasteiger charge is -2.21. The first-order valence-electron chi connectivity index (χ1n) is 6.75. The van der Waals surface area contributed by atoms with Crippen molar-refractivity contribution < 1.29 is 0 Å². The fourth-order valence-corrected chi connectivity index (χ4v) is 2.24. The molecule has 0 saturated heterocycles. The molecule has 3 nitrogen and oxygen atoms in total. The molecule has 0 aliphatic heterocycles. The number of pyridine rings is 1. The number of nitrogens with zero attached hydrogens (tertiary/aromatic N) is 1. The summed E-state index contributed by atoms with van der Waals surface area (Å²) in [5.74, 6) is 6.12. The number of anilines is 1. The summed E-state index contributed by atoms with van der Waals surface area (Å²) in [7, 11) is 0. The summed E-state index contributed by atoms with van der Waals surface area (Å²) in [6.07, 6.45) is 0. The Bertz CT molecular complexity index is 595. The van der Waals surface area contributed by atoms with E-state index in [0.717, 1.165) is 22.3 Å². The van der Waals surface area contributed by atoms with Gasteiger partial charge in [0.1, 0.15) is 0 Å². The number of fused-ring (bicyclic) bond motifs is 1. The molecule has 2 rings (SSSR count). The Labute approximate surface area is 115 Å². The van der Waals surface area contributed by atoms with E-state index in [0.29, 0.717) is 5.92 Å². The van der Waals surface area contributed by atoms with E-state index in [9.17, 15) is 0 Å². The van der Waals surface area contributed by atoms with Gasteiger partial charge in [0.05, 0.1) is 11.2 Å². The van der Waals surface area contributed by atoms with Gasteiger partial charge >= 0.3 is 0 Å². The average molecular weight is 257 g/mol. The van der Waals surface area contributed by atoms with E-state index in [1.54, 1.807) is 0 Å². The molecule has 0 saturated carbocycles. The normalized spacial score (nSPS) is 12.2. The molecular formula is C16H23N3. The van der Waals surface area contributed by atoms with Gasteiger partial charge in [0.15, 0.2) is 0 Å². The largest absolute Gasteiger partial charge is 0.323 e. The maximum atomic E-state index is 5.68. The van der Waals surface area contributed by atoms with Crippen molar-refractivity contribution in [3.8, 4) is 0 Å². The zero-order valence-electron chi connectivity index (χ0n) is 12.4. The van der Waals surface area contributed by atoms with Gasteiger partial charge < -0.3 is 5.43 Å². The minimum absolute atomic E-state index is 0.00385. The molecule has 0 radical (unpaired) electrons. The highest BCUT2D eigenvalue weighted by Crippen LogP contribution is 2.32. The van der Waals surface area contributed by atoms with Gasteiger partial charge in [-0.15, -0.1) is 0 Å². The third kappa shape index (κ3) is 2.56. The van der Waals surface area contributed by atoms with Gasteiger partial charge in [-0.05, 0) is 17.5 Å². The van der Waals surface area contributed by atoms with E-state index >= 15 is 0 Å². The van der Waals surface area contributed by atoms with Gasteiger partial charge in [0, 0.05) is 16.5 Å². The van der Waals surface area contributed by atoms with Crippen molar-refractivity contribution in [3.05, 3.63) is 35.5 Å². The molecule has 1 aromatic carbocycles. The number of rotatable bonds is 2. The molecule has 2 aromatic rings. The van der Waals surface area contributed by atoms with Crippen LogP contribution in [-0.4, -0.2) is 4.98 Å². The molecular weight excluding hydrogens is 234 g/mol. The number of aromatic nitrogens is 1. The molecule has 1 aromatic heterocycles. The summed E-state index contributed by atoms with van der Waals surface area (Å²) >= 11 is 0. The number of hydrogen-bond donors (Lipinski definition) is 2. The van der Waals surface area contributed by atoms with Crippen molar-refractivity contribution in [1.82, 2.24) is 4.98 Å². The maximum absolute atomic E-state index is 5.68. The van der Waals surface area contributed by atoms with Crippen LogP contribution in [-0.2, 0) is 5.41 Å². The maximum Gasteiger partial charge on any atom is 0.0761 e. The summed E-state index contributed by atoms with van der Waals surface area (Å²) in [5.41, 5.74) is 7.13. The quantitative estimate of drug-likeness (QED) is 0.633. The molecule has 0 aliphatic rings. The van der Waals surface area contributed by atoms with E-state index in [1.165, 1.54) is 5.56 Å². The fourth-order valence-electron chi connectivity index (χ4n) is 2.24. The molecule has 0 atom stereocenters. The number of nitrogens with one attached hydrogen (secondary N) is 1. The molecule has 0 fully saturated rings. The van der Waals surface area contributed by atoms with Gasteiger partial charge in [0.25, 0.3) is 0 Å². The Morgan fingerprint density at radius 1 is 1.21 bits per heavy atom. The highest BCUT2D eigenvalue weighted by atomic mass is 15.2. The van der Waals surface area contributed by atoms with Gasteiger partial charge in [-0.1, -0.05) is 52.8 Å². The number of hydrazine groups is 1. The van der Waals surface area contributed by atoms with Crippen molar-refractivity contribution in [2.24, 2.45) is 5.84 Å². The Kier molecular flexibility index (Phi) is 3.50. The average Bonchev–Trinajstić information content (AvgIpc) is 2.35. The first kappa shape index (κ1) is 13.8. The van der Waals surface area contributed by atoms with Gasteiger partial charge in [-0.3, -0.25) is 10.8 Å². The van der Waals surface area contributed by atoms with Crippen LogP contribution in [0.25, 0.3) is 10.9 Å². The SMILES string of the molecule is CC(C)c1cccc2c(NN)cc(C(C)(C)C)nc12. The number of nitrogens with two attached hydrogens (primary N) is 1. The summed E-state index contributed by atoms with van der Waals surface area (Å²) in [4.78, 5) is 4.88. The third-order valence-corrected chi connectivity index (χ3v) is 3.42. The van der Waals surface area contributed by atoms with Crippen molar-refractivity contribution in [2.45, 2.75) is 46.0 Å². The molecule has 0 spiro atoms. The molecule has 3 heteroatoms. The van der Waals surface area contributed by atoms with Crippen molar-refractivity contribution >= 4 is 16.6 Å². The Morgan fingerprint density at radius 2 is 1.89 bits per heavy atom. The minimum Gasteiger partial charge on any atom is -0.323 e. The van der Waals surface area contributed by atoms with Crippen molar-refractivity contribution in [3.63, 3.8) is 0 Å².